The molecule has 0 aliphatic carbocycles. The number of nitrogens with two attached hydrogens (primary N) is 1. The highest BCUT2D eigenvalue weighted by atomic mass is 79.9. The molecule has 1 amide bonds. The number of carboxylic acid groups (broad SMARTS) is 5. The van der Waals surface area contributed by atoms with Gasteiger partial charge in [-0.3, -0.25) is 67.1 Å². The molecule has 846 valence electrons. The zero-order valence-electron chi connectivity index (χ0n) is 89.9. The number of amides is 1. The van der Waals surface area contributed by atoms with Gasteiger partial charge in [-0.2, -0.15) is 0 Å². The summed E-state index contributed by atoms with van der Waals surface area (Å²) in [6.45, 7) is 44.0. The predicted octanol–water partition coefficient (Wildman–Crippen LogP) is 12.7. The third kappa shape index (κ3) is 90.3. The lowest BCUT2D eigenvalue weighted by molar-refractivity contribution is -0.180. The summed E-state index contributed by atoms with van der Waals surface area (Å²) in [6, 6.07) is 0. The van der Waals surface area contributed by atoms with Crippen molar-refractivity contribution >= 4 is 110 Å². The van der Waals surface area contributed by atoms with Gasteiger partial charge in [0.2, 0.25) is 5.91 Å². The molecule has 0 spiro atoms. The molecule has 0 saturated carbocycles. The first kappa shape index (κ1) is 153. The Morgan fingerprint density at radius 1 is 0.287 bits per heavy atom. The van der Waals surface area contributed by atoms with Crippen LogP contribution in [0.5, 0.6) is 0 Å². The van der Waals surface area contributed by atoms with E-state index >= 15 is 0 Å². The molecule has 4 saturated heterocycles. The van der Waals surface area contributed by atoms with Gasteiger partial charge in [0.05, 0.1) is 209 Å². The van der Waals surface area contributed by atoms with Gasteiger partial charge in [0.15, 0.2) is 23.1 Å². The summed E-state index contributed by atoms with van der Waals surface area (Å²) >= 11 is 0. The van der Waals surface area contributed by atoms with Crippen LogP contribution in [-0.4, -0.2) is 295 Å². The average molecular weight is 2250 g/mol. The molecule has 0 aromatic rings. The van der Waals surface area contributed by atoms with Gasteiger partial charge in [0, 0.05) is 111 Å². The Morgan fingerprint density at radius 2 is 0.462 bits per heavy atom. The Hall–Kier alpha value is -5.31. The second-order valence-electron chi connectivity index (χ2n) is 37.2. The highest BCUT2D eigenvalue weighted by molar-refractivity contribution is 7.76. The number of ketones is 2. The van der Waals surface area contributed by atoms with E-state index in [-0.39, 0.29) is 265 Å². The van der Waals surface area contributed by atoms with Gasteiger partial charge in [0.25, 0.3) is 0 Å². The number of carboxylic acids is 5. The number of hydrogen-bond donors (Lipinski definition) is 8. The fourth-order valence-electron chi connectivity index (χ4n) is 14.6. The normalized spacial score (nSPS) is 14.3. The average Bonchev–Trinajstić information content (AvgIpc) is 1.72. The van der Waals surface area contributed by atoms with Gasteiger partial charge < -0.3 is 142 Å². The topological polar surface area (TPSA) is 528 Å². The fourth-order valence-corrected chi connectivity index (χ4v) is 24.9. The summed E-state index contributed by atoms with van der Waals surface area (Å²) in [6.07, 6.45) is 32.6. The number of ether oxygens (including phenoxy) is 14. The maximum Gasteiger partial charge on any atom is 0.306 e. The van der Waals surface area contributed by atoms with Crippen molar-refractivity contribution in [3.8, 4) is 0 Å². The molecular weight excluding hydrogens is 2050 g/mol. The molecule has 0 unspecified atom stereocenters. The number of aliphatic carboxylic acids is 5. The lowest BCUT2D eigenvalue weighted by Crippen LogP contribution is -3.00. The van der Waals surface area contributed by atoms with Gasteiger partial charge in [-0.25, -0.2) is 0 Å². The van der Waals surface area contributed by atoms with Gasteiger partial charge in [-0.1, -0.05) is 87.5 Å². The maximum absolute atomic E-state index is 12.6. The first-order valence-electron chi connectivity index (χ1n) is 51.2. The van der Waals surface area contributed by atoms with E-state index in [1.807, 2.05) is 13.8 Å². The number of aliphatic hydroxyl groups is 1. The Morgan fingerprint density at radius 3 is 0.650 bits per heavy atom. The quantitative estimate of drug-likeness (QED) is 0.0121. The van der Waals surface area contributed by atoms with E-state index < -0.39 is 67.5 Å². The van der Waals surface area contributed by atoms with Crippen molar-refractivity contribution in [2.45, 2.75) is 456 Å². The van der Waals surface area contributed by atoms with E-state index in [0.29, 0.717) is 91.4 Å². The van der Waals surface area contributed by atoms with Crippen LogP contribution >= 0.6 is 26.9 Å². The van der Waals surface area contributed by atoms with E-state index in [0.717, 1.165) is 19.5 Å². The van der Waals surface area contributed by atoms with Gasteiger partial charge in [-0.05, 0) is 155 Å². The van der Waals surface area contributed by atoms with Crippen LogP contribution < -0.4 is 45.0 Å². The minimum absolute atomic E-state index is 0. The molecule has 4 rings (SSSR count). The Bertz CT molecular complexity index is 3180. The minimum Gasteiger partial charge on any atom is -1.00 e. The summed E-state index contributed by atoms with van der Waals surface area (Å²) in [4.78, 5) is 155. The number of aliphatic hydroxyl groups excluding tert-OH is 1. The number of rotatable bonds is 67. The smallest absolute Gasteiger partial charge is 0.306 e. The van der Waals surface area contributed by atoms with Crippen LogP contribution in [0.4, 0.5) is 0 Å². The number of hydrogen-bond acceptors (Lipinski definition) is 30. The molecule has 0 bridgehead atoms. The molecular formula is C102H193Br2ClN2O34P2. The Balaban J connectivity index is -0.000000251. The molecule has 0 radical (unpaired) electrons. The molecule has 4 heterocycles. The number of Topliss-reactive ketones (excluding diaryl/α,β-unsaturated/α-hetero) is 2. The molecule has 0 atom stereocenters. The number of carbonyl (C=O) groups excluding carboxylic acids is 9. The van der Waals surface area contributed by atoms with Crippen molar-refractivity contribution < 1.29 is 198 Å². The third-order valence-electron chi connectivity index (χ3n) is 21.5. The van der Waals surface area contributed by atoms with E-state index in [1.165, 1.54) is 114 Å². The van der Waals surface area contributed by atoms with Crippen molar-refractivity contribution in [2.24, 2.45) is 5.73 Å². The zero-order valence-corrected chi connectivity index (χ0v) is 95.7. The SMILES string of the molecule is C.CC(C)O.CC(C)OC(=O)CCC(=O)CCC(=O)OC(C)C.CC(C)OC(=O)CCC1(CCC(=O)O)OCCO1.CC(C)OC(=O)CCC1(CCC(=O)OC(C)C)OCCO1.CCCC[P+](CCCC)(CCCC)CCCN.CCCC[P+](CCCC)(CCCC)CCCNC(=O)CCC1(CCC(=O)OC(C)C)OCCO1.Cl.O=C(O)CCC(=O)CCC(=O)O.O=C(O)CCC1(CCC(=O)O)OCCO1.[Br-].[Br-]. The van der Waals surface area contributed by atoms with Crippen molar-refractivity contribution in [3.63, 3.8) is 0 Å². The summed E-state index contributed by atoms with van der Waals surface area (Å²) < 4.78 is 74.6. The first-order valence-corrected chi connectivity index (χ1v) is 56.2. The van der Waals surface area contributed by atoms with Crippen LogP contribution in [0.1, 0.15) is 390 Å². The number of carbonyl (C=O) groups is 14. The molecule has 9 N–H and O–H groups in total. The van der Waals surface area contributed by atoms with Crippen molar-refractivity contribution in [2.75, 3.05) is 115 Å². The monoisotopic (exact) mass is 2250 g/mol. The third-order valence-corrected chi connectivity index (χ3v) is 31.6. The van der Waals surface area contributed by atoms with Gasteiger partial charge in [-0.15, -0.1) is 12.4 Å². The summed E-state index contributed by atoms with van der Waals surface area (Å²) in [7, 11) is -1.56. The molecule has 143 heavy (non-hydrogen) atoms. The van der Waals surface area contributed by atoms with Crippen LogP contribution in [0.25, 0.3) is 0 Å². The van der Waals surface area contributed by atoms with Gasteiger partial charge in [0.1, 0.15) is 11.6 Å². The lowest BCUT2D eigenvalue weighted by atomic mass is 10.0. The molecule has 41 heteroatoms. The number of esters is 6. The summed E-state index contributed by atoms with van der Waals surface area (Å²) in [5.41, 5.74) is 5.74. The largest absolute Gasteiger partial charge is 1.00 e. The minimum atomic E-state index is -1.04. The van der Waals surface area contributed by atoms with Crippen LogP contribution in [-0.2, 0) is 133 Å². The maximum atomic E-state index is 12.6. The lowest BCUT2D eigenvalue weighted by Gasteiger charge is -2.28. The molecule has 0 aromatic carbocycles. The van der Waals surface area contributed by atoms with Crippen LogP contribution in [0.2, 0.25) is 0 Å². The Kier molecular flexibility index (Phi) is 99.2. The van der Waals surface area contributed by atoms with Gasteiger partial charge >= 0.3 is 65.7 Å². The molecule has 0 aromatic heterocycles. The molecule has 4 aliphatic rings. The summed E-state index contributed by atoms with van der Waals surface area (Å²) in [5.74, 6) is -10.8. The number of unbranched alkanes of at least 4 members (excludes halogenated alkanes) is 6. The standard InChI is InChI=1S/C27H52NO5P.C15H35NP.C15H26O6.C13H22O5.C12H20O6.C9H14O6.C7H10O5.C3H8O.CH4.2BrH.ClH/c1-6-9-20-34(21-10-7-2,22-11-8-3)23-12-17-28-25(29)13-15-27(31-18-19-32-27)16-14-26(30)33-24(4)5;1-4-7-12-17(13-8-5-2,14-9-6-3)15-10-11-16;1-11(2)20-13(16)5-7-15(18-9-10-19-15)8-6-14(17)21-12(3)4;1-9(2)17-12(15)7-5-11(14)6-8-13(16)18-10(3)4;1-9(2)18-11(15)4-6-12(5-3-10(13)14)16-7-8-17-12;10-7(11)1-3-9(4-2-8(12)13)14-5-6-15-9;8-5(1-3-6(9)10)2-4-7(11)12;1-3(2)4;;;;/h24H,6-23H2,1-5H3;4-16H2,1-3H3;11-12H,5-10H2,1-4H3;9-10H,5-8H2,1-4H3;9H,3-8H2,1-2H3,(H,13,14);1-6H2,(H,10,11)(H,12,13);1-4H2,(H,9,10)(H,11,12);3-4H,1-2H3;1H4;3*1H/q;+1;;;;;;;;;;/p-1. The van der Waals surface area contributed by atoms with E-state index in [9.17, 15) is 67.1 Å². The van der Waals surface area contributed by atoms with Crippen LogP contribution in [0, 0.1) is 0 Å². The highest BCUT2D eigenvalue weighted by Gasteiger charge is 2.43. The number of halogens is 3. The zero-order chi connectivity index (χ0) is 106. The molecule has 4 fully saturated rings. The molecule has 4 aliphatic heterocycles. The van der Waals surface area contributed by atoms with E-state index in [4.69, 9.17) is 103 Å². The second kappa shape index (κ2) is 92.8. The second-order valence-corrected chi connectivity index (χ2v) is 46.2. The summed E-state index contributed by atoms with van der Waals surface area (Å²) in [5, 5.41) is 53.3. The van der Waals surface area contributed by atoms with Crippen LogP contribution in [0.15, 0.2) is 0 Å². The van der Waals surface area contributed by atoms with Crippen molar-refractivity contribution in [3.05, 3.63) is 0 Å². The molecule has 36 nitrogen and oxygen atoms in total. The highest BCUT2D eigenvalue weighted by Crippen LogP contribution is 2.62. The van der Waals surface area contributed by atoms with E-state index in [2.05, 4.69) is 46.9 Å². The Labute approximate surface area is 884 Å². The van der Waals surface area contributed by atoms with Crippen molar-refractivity contribution in [1.29, 1.82) is 0 Å². The van der Waals surface area contributed by atoms with Crippen LogP contribution in [0.3, 0.4) is 0 Å². The first-order chi connectivity index (χ1) is 65.4. The predicted molar refractivity (Wildman–Crippen MR) is 550 cm³/mol. The van der Waals surface area contributed by atoms with Crippen molar-refractivity contribution in [1.82, 2.24) is 5.32 Å². The van der Waals surface area contributed by atoms with E-state index in [1.54, 1.807) is 102 Å². The fraction of sp³-hybridized carbons (Fsp3) is 0.863. The number of nitrogens with one attached hydrogen (secondary N) is 1.